The van der Waals surface area contributed by atoms with Crippen molar-refractivity contribution in [2.75, 3.05) is 19.6 Å². The summed E-state index contributed by atoms with van der Waals surface area (Å²) in [5, 5.41) is 4.30. The third-order valence-corrected chi connectivity index (χ3v) is 4.06. The summed E-state index contributed by atoms with van der Waals surface area (Å²) in [6.07, 6.45) is 0.980. The summed E-state index contributed by atoms with van der Waals surface area (Å²) in [5.74, 6) is 0.0928. The van der Waals surface area contributed by atoms with Gasteiger partial charge in [-0.05, 0) is 32.2 Å². The third-order valence-electron chi connectivity index (χ3n) is 4.06. The number of carbonyl (C=O) groups excluding carboxylic acids is 1. The molecule has 0 aliphatic carbocycles. The number of aryl methyl sites for hydroxylation is 2. The van der Waals surface area contributed by atoms with Gasteiger partial charge in [0.05, 0.1) is 11.3 Å². The van der Waals surface area contributed by atoms with E-state index in [9.17, 15) is 4.79 Å². The summed E-state index contributed by atoms with van der Waals surface area (Å²) >= 11 is 0. The molecule has 0 radical (unpaired) electrons. The first-order valence-corrected chi connectivity index (χ1v) is 6.37. The number of rotatable bonds is 2. The van der Waals surface area contributed by atoms with Crippen molar-refractivity contribution in [3.8, 4) is 0 Å². The number of hydrogen-bond donors (Lipinski definition) is 1. The molecule has 1 aliphatic rings. The normalized spacial score (nSPS) is 23.7. The van der Waals surface area contributed by atoms with Crippen LogP contribution in [-0.2, 0) is 7.05 Å². The van der Waals surface area contributed by atoms with Crippen LogP contribution in [0.2, 0.25) is 0 Å². The second-order valence-corrected chi connectivity index (χ2v) is 5.66. The summed E-state index contributed by atoms with van der Waals surface area (Å²) in [4.78, 5) is 14.4. The van der Waals surface area contributed by atoms with Gasteiger partial charge in [-0.1, -0.05) is 6.92 Å². The largest absolute Gasteiger partial charge is 0.338 e. The average Bonchev–Trinajstić information content (AvgIpc) is 2.82. The molecule has 0 saturated carbocycles. The number of aromatic nitrogens is 2. The van der Waals surface area contributed by atoms with Gasteiger partial charge in [-0.25, -0.2) is 0 Å². The van der Waals surface area contributed by atoms with Crippen molar-refractivity contribution in [3.63, 3.8) is 0 Å². The molecule has 1 atom stereocenters. The van der Waals surface area contributed by atoms with Crippen LogP contribution in [-0.4, -0.2) is 40.2 Å². The lowest BCUT2D eigenvalue weighted by molar-refractivity contribution is 0.0775. The zero-order chi connectivity index (χ0) is 13.5. The summed E-state index contributed by atoms with van der Waals surface area (Å²) in [7, 11) is 1.87. The first-order valence-electron chi connectivity index (χ1n) is 6.37. The fourth-order valence-electron chi connectivity index (χ4n) is 2.60. The van der Waals surface area contributed by atoms with Crippen molar-refractivity contribution in [1.82, 2.24) is 14.7 Å². The van der Waals surface area contributed by atoms with E-state index in [2.05, 4.69) is 12.0 Å². The highest BCUT2D eigenvalue weighted by Crippen LogP contribution is 2.30. The van der Waals surface area contributed by atoms with Crippen LogP contribution in [0.25, 0.3) is 0 Å². The Kier molecular flexibility index (Phi) is 3.19. The highest BCUT2D eigenvalue weighted by atomic mass is 16.2. The molecule has 18 heavy (non-hydrogen) atoms. The smallest absolute Gasteiger partial charge is 0.257 e. The molecule has 5 nitrogen and oxygen atoms in total. The second-order valence-electron chi connectivity index (χ2n) is 5.66. The van der Waals surface area contributed by atoms with Crippen LogP contribution >= 0.6 is 0 Å². The Bertz CT molecular complexity index is 480. The van der Waals surface area contributed by atoms with E-state index in [0.29, 0.717) is 6.54 Å². The van der Waals surface area contributed by atoms with Crippen molar-refractivity contribution in [3.05, 3.63) is 17.0 Å². The Balaban J connectivity index is 2.23. The van der Waals surface area contributed by atoms with Crippen LogP contribution in [0.1, 0.15) is 35.1 Å². The lowest BCUT2D eigenvalue weighted by atomic mass is 9.90. The lowest BCUT2D eigenvalue weighted by Gasteiger charge is -2.22. The lowest BCUT2D eigenvalue weighted by Crippen LogP contribution is -2.34. The second kappa shape index (κ2) is 4.39. The van der Waals surface area contributed by atoms with Crippen molar-refractivity contribution >= 4 is 5.91 Å². The van der Waals surface area contributed by atoms with Crippen LogP contribution in [0.15, 0.2) is 0 Å². The summed E-state index contributed by atoms with van der Waals surface area (Å²) < 4.78 is 1.76. The maximum absolute atomic E-state index is 12.5. The number of carbonyl (C=O) groups is 1. The monoisotopic (exact) mass is 250 g/mol. The molecule has 1 aromatic rings. The molecule has 1 amide bonds. The molecule has 1 aromatic heterocycles. The predicted molar refractivity (Wildman–Crippen MR) is 70.4 cm³/mol. The van der Waals surface area contributed by atoms with Crippen molar-refractivity contribution in [2.24, 2.45) is 18.2 Å². The zero-order valence-electron chi connectivity index (χ0n) is 11.7. The van der Waals surface area contributed by atoms with E-state index in [0.717, 1.165) is 36.5 Å². The van der Waals surface area contributed by atoms with E-state index in [1.54, 1.807) is 4.68 Å². The number of nitrogens with two attached hydrogens (primary N) is 1. The minimum absolute atomic E-state index is 0.0691. The Morgan fingerprint density at radius 3 is 2.61 bits per heavy atom. The van der Waals surface area contributed by atoms with Crippen LogP contribution in [0.5, 0.6) is 0 Å². The summed E-state index contributed by atoms with van der Waals surface area (Å²) in [6.45, 7) is 8.13. The van der Waals surface area contributed by atoms with Gasteiger partial charge in [0.25, 0.3) is 5.91 Å². The van der Waals surface area contributed by atoms with E-state index in [1.807, 2.05) is 25.8 Å². The SMILES string of the molecule is Cc1nn(C)c(C)c1C(=O)N1CCC(C)(CN)C1. The van der Waals surface area contributed by atoms with E-state index in [4.69, 9.17) is 5.73 Å². The maximum atomic E-state index is 12.5. The minimum Gasteiger partial charge on any atom is -0.338 e. The van der Waals surface area contributed by atoms with Gasteiger partial charge in [-0.2, -0.15) is 5.10 Å². The molecule has 1 saturated heterocycles. The third kappa shape index (κ3) is 2.03. The first kappa shape index (κ1) is 13.1. The fraction of sp³-hybridized carbons (Fsp3) is 0.692. The van der Waals surface area contributed by atoms with Crippen LogP contribution in [0.3, 0.4) is 0 Å². The van der Waals surface area contributed by atoms with E-state index >= 15 is 0 Å². The molecule has 0 spiro atoms. The molecule has 2 heterocycles. The summed E-state index contributed by atoms with van der Waals surface area (Å²) in [5.41, 5.74) is 8.33. The molecule has 1 aliphatic heterocycles. The van der Waals surface area contributed by atoms with Gasteiger partial charge in [-0.3, -0.25) is 9.48 Å². The highest BCUT2D eigenvalue weighted by molar-refractivity contribution is 5.96. The van der Waals surface area contributed by atoms with E-state index < -0.39 is 0 Å². The highest BCUT2D eigenvalue weighted by Gasteiger charge is 2.36. The Labute approximate surface area is 108 Å². The quantitative estimate of drug-likeness (QED) is 0.846. The Morgan fingerprint density at radius 2 is 2.17 bits per heavy atom. The van der Waals surface area contributed by atoms with Crippen molar-refractivity contribution in [2.45, 2.75) is 27.2 Å². The van der Waals surface area contributed by atoms with Crippen LogP contribution < -0.4 is 5.73 Å². The molecular formula is C13H22N4O. The molecule has 2 N–H and O–H groups in total. The fourth-order valence-corrected chi connectivity index (χ4v) is 2.60. The van der Waals surface area contributed by atoms with Gasteiger partial charge >= 0.3 is 0 Å². The molecule has 1 fully saturated rings. The zero-order valence-corrected chi connectivity index (χ0v) is 11.7. The van der Waals surface area contributed by atoms with E-state index in [-0.39, 0.29) is 11.3 Å². The van der Waals surface area contributed by atoms with Gasteiger partial charge in [-0.15, -0.1) is 0 Å². The number of likely N-dealkylation sites (tertiary alicyclic amines) is 1. The number of nitrogens with zero attached hydrogens (tertiary/aromatic N) is 3. The van der Waals surface area contributed by atoms with Gasteiger partial charge in [0.1, 0.15) is 0 Å². The van der Waals surface area contributed by atoms with Crippen molar-refractivity contribution < 1.29 is 4.79 Å². The molecule has 0 aromatic carbocycles. The molecule has 5 heteroatoms. The van der Waals surface area contributed by atoms with Gasteiger partial charge in [0.2, 0.25) is 0 Å². The van der Waals surface area contributed by atoms with E-state index in [1.165, 1.54) is 0 Å². The molecule has 1 unspecified atom stereocenters. The van der Waals surface area contributed by atoms with Crippen LogP contribution in [0.4, 0.5) is 0 Å². The number of hydrogen-bond acceptors (Lipinski definition) is 3. The number of amides is 1. The van der Waals surface area contributed by atoms with Gasteiger partial charge < -0.3 is 10.6 Å². The Hall–Kier alpha value is -1.36. The van der Waals surface area contributed by atoms with Crippen molar-refractivity contribution in [1.29, 1.82) is 0 Å². The topological polar surface area (TPSA) is 64.2 Å². The Morgan fingerprint density at radius 1 is 1.50 bits per heavy atom. The first-order chi connectivity index (χ1) is 8.38. The predicted octanol–water partition coefficient (Wildman–Crippen LogP) is 0.848. The molecule has 2 rings (SSSR count). The average molecular weight is 250 g/mol. The van der Waals surface area contributed by atoms with Gasteiger partial charge in [0, 0.05) is 25.8 Å². The van der Waals surface area contributed by atoms with Gasteiger partial charge in [0.15, 0.2) is 0 Å². The molecular weight excluding hydrogens is 228 g/mol. The maximum Gasteiger partial charge on any atom is 0.257 e. The standard InChI is InChI=1S/C13H22N4O/c1-9-11(10(2)16(4)15-9)12(18)17-6-5-13(3,7-14)8-17/h5-8,14H2,1-4H3. The summed E-state index contributed by atoms with van der Waals surface area (Å²) in [6, 6.07) is 0. The molecule has 100 valence electrons. The molecule has 0 bridgehead atoms. The minimum atomic E-state index is 0.0691. The van der Waals surface area contributed by atoms with Crippen LogP contribution in [0, 0.1) is 19.3 Å².